The second-order valence-electron chi connectivity index (χ2n) is 6.16. The van der Waals surface area contributed by atoms with E-state index in [4.69, 9.17) is 4.74 Å². The lowest BCUT2D eigenvalue weighted by atomic mass is 10.1. The van der Waals surface area contributed by atoms with Crippen molar-refractivity contribution < 1.29 is 13.9 Å². The third-order valence-electron chi connectivity index (χ3n) is 4.22. The first-order valence-corrected chi connectivity index (χ1v) is 8.40. The van der Waals surface area contributed by atoms with Crippen LogP contribution in [0.3, 0.4) is 0 Å². The van der Waals surface area contributed by atoms with E-state index in [2.05, 4.69) is 17.1 Å². The maximum atomic E-state index is 14.3. The first-order valence-electron chi connectivity index (χ1n) is 8.40. The van der Waals surface area contributed by atoms with E-state index in [0.29, 0.717) is 18.0 Å². The maximum Gasteiger partial charge on any atom is 0.173 e. The van der Waals surface area contributed by atoms with Crippen LogP contribution in [0, 0.1) is 5.82 Å². The van der Waals surface area contributed by atoms with Crippen LogP contribution in [-0.2, 0) is 4.79 Å². The number of carbonyl (C=O) groups is 1. The van der Waals surface area contributed by atoms with E-state index < -0.39 is 5.82 Å². The zero-order chi connectivity index (χ0) is 18.4. The van der Waals surface area contributed by atoms with Crippen molar-refractivity contribution in [1.82, 2.24) is 0 Å². The highest BCUT2D eigenvalue weighted by Crippen LogP contribution is 2.25. The molecule has 132 valence electrons. The summed E-state index contributed by atoms with van der Waals surface area (Å²) < 4.78 is 19.9. The molecule has 3 nitrogen and oxygen atoms in total. The normalized spacial score (nSPS) is 15.6. The van der Waals surface area contributed by atoms with Gasteiger partial charge in [0.05, 0.1) is 5.71 Å². The van der Waals surface area contributed by atoms with Crippen molar-refractivity contribution in [3.8, 4) is 5.75 Å². The number of carbonyl (C=O) groups excluding carboxylic acids is 1. The largest absolute Gasteiger partial charge is 0.486 e. The van der Waals surface area contributed by atoms with E-state index in [-0.39, 0.29) is 11.5 Å². The molecule has 2 rings (SSSR count). The Labute approximate surface area is 148 Å². The molecule has 4 heteroatoms. The van der Waals surface area contributed by atoms with Gasteiger partial charge in [0.25, 0.3) is 0 Å². The van der Waals surface area contributed by atoms with Gasteiger partial charge in [-0.25, -0.2) is 4.39 Å². The molecule has 0 heterocycles. The first kappa shape index (κ1) is 18.8. The lowest BCUT2D eigenvalue weighted by Crippen LogP contribution is -2.04. The molecule has 1 aliphatic carbocycles. The number of rotatable bonds is 6. The number of allylic oxidation sites excluding steroid dienone is 4. The Bertz CT molecular complexity index is 785. The molecule has 0 saturated carbocycles. The summed E-state index contributed by atoms with van der Waals surface area (Å²) in [7, 11) is 0. The summed E-state index contributed by atoms with van der Waals surface area (Å²) in [5.74, 6) is -0.247. The molecule has 0 N–H and O–H groups in total. The van der Waals surface area contributed by atoms with Crippen LogP contribution in [-0.4, -0.2) is 18.1 Å². The van der Waals surface area contributed by atoms with Gasteiger partial charge in [0.1, 0.15) is 6.61 Å². The van der Waals surface area contributed by atoms with Crippen LogP contribution in [0.2, 0.25) is 0 Å². The molecule has 0 bridgehead atoms. The second-order valence-corrected chi connectivity index (χ2v) is 6.16. The van der Waals surface area contributed by atoms with Gasteiger partial charge in [0.15, 0.2) is 17.3 Å². The van der Waals surface area contributed by atoms with Crippen LogP contribution in [0.1, 0.15) is 46.1 Å². The van der Waals surface area contributed by atoms with Gasteiger partial charge in [-0.3, -0.25) is 9.79 Å². The molecule has 1 aliphatic rings. The standard InChI is InChI=1S/C21H24FNO2/c1-14(15(2)23-16(3)17(4)24)19-10-11-21(20(22)12-19)25-13-18-8-6-5-7-9-18/h6,8-12H,5,7,13H2,1-4H3/b15-14+,23-16?. The Balaban J connectivity index is 2.15. The summed E-state index contributed by atoms with van der Waals surface area (Å²) in [4.78, 5) is 15.6. The molecule has 0 aromatic heterocycles. The maximum absolute atomic E-state index is 14.3. The lowest BCUT2D eigenvalue weighted by molar-refractivity contribution is -0.111. The zero-order valence-electron chi connectivity index (χ0n) is 15.2. The number of hydrogen-bond acceptors (Lipinski definition) is 3. The van der Waals surface area contributed by atoms with E-state index in [0.717, 1.165) is 29.6 Å². The van der Waals surface area contributed by atoms with Crippen molar-refractivity contribution in [3.05, 3.63) is 59.1 Å². The Hall–Kier alpha value is -2.49. The molecule has 0 atom stereocenters. The summed E-state index contributed by atoms with van der Waals surface area (Å²) in [6, 6.07) is 4.88. The molecule has 0 aliphatic heterocycles. The fourth-order valence-electron chi connectivity index (χ4n) is 2.41. The first-order chi connectivity index (χ1) is 11.9. The highest BCUT2D eigenvalue weighted by molar-refractivity contribution is 6.38. The monoisotopic (exact) mass is 341 g/mol. The van der Waals surface area contributed by atoms with Gasteiger partial charge in [-0.15, -0.1) is 0 Å². The third kappa shape index (κ3) is 5.24. The molecule has 25 heavy (non-hydrogen) atoms. The Kier molecular flexibility index (Phi) is 6.45. The number of hydrogen-bond donors (Lipinski definition) is 0. The van der Waals surface area contributed by atoms with E-state index in [9.17, 15) is 9.18 Å². The van der Waals surface area contributed by atoms with Gasteiger partial charge in [-0.2, -0.15) is 0 Å². The average molecular weight is 341 g/mol. The fourth-order valence-corrected chi connectivity index (χ4v) is 2.41. The Morgan fingerprint density at radius 3 is 2.56 bits per heavy atom. The number of ether oxygens (including phenoxy) is 1. The van der Waals surface area contributed by atoms with Gasteiger partial charge in [-0.05, 0) is 62.5 Å². The summed E-state index contributed by atoms with van der Waals surface area (Å²) in [5.41, 5.74) is 3.74. The summed E-state index contributed by atoms with van der Waals surface area (Å²) in [5, 5.41) is 0. The smallest absolute Gasteiger partial charge is 0.173 e. The predicted molar refractivity (Wildman–Crippen MR) is 100 cm³/mol. The summed E-state index contributed by atoms with van der Waals surface area (Å²) in [6.07, 6.45) is 8.26. The van der Waals surface area contributed by atoms with Crippen molar-refractivity contribution in [1.29, 1.82) is 0 Å². The van der Waals surface area contributed by atoms with Gasteiger partial charge in [-0.1, -0.05) is 24.3 Å². The second kappa shape index (κ2) is 8.56. The van der Waals surface area contributed by atoms with Gasteiger partial charge in [0.2, 0.25) is 0 Å². The van der Waals surface area contributed by atoms with Gasteiger partial charge in [0, 0.05) is 12.6 Å². The van der Waals surface area contributed by atoms with Crippen molar-refractivity contribution in [2.24, 2.45) is 4.99 Å². The number of nitrogens with zero attached hydrogens (tertiary/aromatic N) is 1. The zero-order valence-corrected chi connectivity index (χ0v) is 15.2. The molecular formula is C21H24FNO2. The van der Waals surface area contributed by atoms with Crippen LogP contribution in [0.5, 0.6) is 5.75 Å². The average Bonchev–Trinajstić information content (AvgIpc) is 2.60. The van der Waals surface area contributed by atoms with Crippen LogP contribution >= 0.6 is 0 Å². The highest BCUT2D eigenvalue weighted by atomic mass is 19.1. The lowest BCUT2D eigenvalue weighted by Gasteiger charge is -2.12. The topological polar surface area (TPSA) is 38.7 Å². The van der Waals surface area contributed by atoms with Crippen LogP contribution in [0.25, 0.3) is 5.57 Å². The molecule has 0 saturated heterocycles. The minimum atomic E-state index is -0.405. The SMILES string of the molecule is CC(=O)C(C)=N/C(C)=C(\C)c1ccc(OCC2=CCCC=C2)c(F)c1. The van der Waals surface area contributed by atoms with Gasteiger partial charge < -0.3 is 4.74 Å². The van der Waals surface area contributed by atoms with Crippen molar-refractivity contribution >= 4 is 17.1 Å². The number of ketones is 1. The third-order valence-corrected chi connectivity index (χ3v) is 4.22. The predicted octanol–water partition coefficient (Wildman–Crippen LogP) is 5.28. The molecule has 1 aromatic rings. The summed E-state index contributed by atoms with van der Waals surface area (Å²) >= 11 is 0. The van der Waals surface area contributed by atoms with Gasteiger partial charge >= 0.3 is 0 Å². The van der Waals surface area contributed by atoms with E-state index in [1.807, 2.05) is 19.9 Å². The molecule has 1 aromatic carbocycles. The molecular weight excluding hydrogens is 317 g/mol. The van der Waals surface area contributed by atoms with E-state index >= 15 is 0 Å². The Morgan fingerprint density at radius 1 is 1.20 bits per heavy atom. The van der Waals surface area contributed by atoms with Crippen molar-refractivity contribution in [3.63, 3.8) is 0 Å². The highest BCUT2D eigenvalue weighted by Gasteiger charge is 2.09. The van der Waals surface area contributed by atoms with E-state index in [1.165, 1.54) is 13.0 Å². The van der Waals surface area contributed by atoms with E-state index in [1.54, 1.807) is 19.1 Å². The fraction of sp³-hybridized carbons (Fsp3) is 0.333. The van der Waals surface area contributed by atoms with Crippen molar-refractivity contribution in [2.75, 3.05) is 6.61 Å². The minimum Gasteiger partial charge on any atom is -0.486 e. The molecule has 0 amide bonds. The molecule has 0 fully saturated rings. The summed E-state index contributed by atoms with van der Waals surface area (Å²) in [6.45, 7) is 7.18. The van der Waals surface area contributed by atoms with Crippen LogP contribution < -0.4 is 4.74 Å². The number of aliphatic imine (C=N–C) groups is 1. The van der Waals surface area contributed by atoms with Crippen molar-refractivity contribution in [2.45, 2.75) is 40.5 Å². The number of benzene rings is 1. The molecule has 0 spiro atoms. The number of halogens is 1. The Morgan fingerprint density at radius 2 is 1.96 bits per heavy atom. The quantitative estimate of drug-likeness (QED) is 0.660. The van der Waals surface area contributed by atoms with Crippen LogP contribution in [0.4, 0.5) is 4.39 Å². The molecule has 0 unspecified atom stereocenters. The van der Waals surface area contributed by atoms with Crippen LogP contribution in [0.15, 0.2) is 52.7 Å². The number of Topliss-reactive ketones (excluding diaryl/α,β-unsaturated/α-hetero) is 1. The molecule has 0 radical (unpaired) electrons. The minimum absolute atomic E-state index is 0.0758.